The molecule has 1 nitrogen and oxygen atoms in total. The van der Waals surface area contributed by atoms with Gasteiger partial charge in [0.2, 0.25) is 3.42 Å². The van der Waals surface area contributed by atoms with Gasteiger partial charge in [-0.25, -0.2) is 0 Å². The first-order chi connectivity index (χ1) is 5.61. The molecule has 12 heavy (non-hydrogen) atoms. The van der Waals surface area contributed by atoms with Crippen LogP contribution < -0.4 is 0 Å². The average Bonchev–Trinajstić information content (AvgIpc) is 2.08. The monoisotopic (exact) mass is 523 g/mol. The summed E-state index contributed by atoms with van der Waals surface area (Å²) in [6, 6.07) is 9.27. The second-order valence-electron chi connectivity index (χ2n) is 1.91. The summed E-state index contributed by atoms with van der Waals surface area (Å²) in [5.74, 6) is 0. The van der Waals surface area contributed by atoms with Crippen molar-refractivity contribution in [2.24, 2.45) is 0 Å². The minimum atomic E-state index is -1.08. The number of alkyl halides is 2. The predicted octanol–water partition coefficient (Wildman–Crippen LogP) is 3.42. The summed E-state index contributed by atoms with van der Waals surface area (Å²) >= 11 is 10.3. The van der Waals surface area contributed by atoms with Crippen LogP contribution in [0.4, 0.5) is 0 Å². The van der Waals surface area contributed by atoms with Gasteiger partial charge < -0.3 is 5.11 Å². The van der Waals surface area contributed by atoms with Crippen molar-refractivity contribution in [3.63, 3.8) is 0 Å². The molecular weight excluding hydrogens is 518 g/mol. The first-order valence-corrected chi connectivity index (χ1v) is 12.4. The molecule has 0 spiro atoms. The molecule has 1 aromatic carbocycles. The van der Waals surface area contributed by atoms with Gasteiger partial charge in [-0.2, -0.15) is 0 Å². The molecule has 1 rings (SSSR count). The van der Waals surface area contributed by atoms with Crippen LogP contribution in [-0.4, -0.2) is 5.11 Å². The minimum absolute atomic E-state index is 0.787. The topological polar surface area (TPSA) is 20.2 Å². The summed E-state index contributed by atoms with van der Waals surface area (Å²) in [5, 5.41) is 9.32. The third-order valence-electron chi connectivity index (χ3n) is 1.12. The molecule has 0 heterocycles. The van der Waals surface area contributed by atoms with E-state index in [0.29, 0.717) is 0 Å². The zero-order valence-electron chi connectivity index (χ0n) is 5.97. The van der Waals surface area contributed by atoms with E-state index < -0.39 is 3.42 Å². The number of halogens is 3. The Hall–Kier alpha value is 1.49. The summed E-state index contributed by atoms with van der Waals surface area (Å²) in [5.41, 5.74) is 0.787. The molecule has 0 aliphatic heterocycles. The second-order valence-corrected chi connectivity index (χ2v) is 5.27. The van der Waals surface area contributed by atoms with Gasteiger partial charge in [0.15, 0.2) is 0 Å². The summed E-state index contributed by atoms with van der Waals surface area (Å²) in [6.45, 7) is 0. The first-order valence-electron chi connectivity index (χ1n) is 2.95. The molecule has 0 aliphatic carbocycles. The van der Waals surface area contributed by atoms with Gasteiger partial charge in [0.1, 0.15) is 0 Å². The van der Waals surface area contributed by atoms with Crippen LogP contribution in [0.15, 0.2) is 30.3 Å². The fourth-order valence-corrected chi connectivity index (χ4v) is 1.17. The average molecular weight is 524 g/mol. The van der Waals surface area contributed by atoms with E-state index in [1.54, 1.807) is 0 Å². The van der Waals surface area contributed by atoms with Crippen LogP contribution in [-0.2, 0) is 25.5 Å². The van der Waals surface area contributed by atoms with E-state index in [1.807, 2.05) is 30.3 Å². The number of benzene rings is 1. The van der Waals surface area contributed by atoms with E-state index in [2.05, 4.69) is 44.2 Å². The van der Waals surface area contributed by atoms with Crippen molar-refractivity contribution < 1.29 is 27.2 Å². The molecule has 0 fully saturated rings. The van der Waals surface area contributed by atoms with Crippen LogP contribution in [0.25, 0.3) is 0 Å². The van der Waals surface area contributed by atoms with Gasteiger partial charge in [0, 0.05) is 5.56 Å². The van der Waals surface area contributed by atoms with Crippen LogP contribution in [0.1, 0.15) is 5.56 Å². The van der Waals surface area contributed by atoms with Crippen LogP contribution in [0.5, 0.6) is 0 Å². The second kappa shape index (κ2) is 6.87. The fourth-order valence-electron chi connectivity index (χ4n) is 0.639. The molecule has 0 saturated heterocycles. The molecule has 5 heteroatoms. The Kier molecular flexibility index (Phi) is 7.73. The van der Waals surface area contributed by atoms with Gasteiger partial charge in [0.05, 0.1) is 0 Å². The number of aliphatic hydroxyl groups is 1. The fraction of sp³-hybridized carbons (Fsp3) is 0.143. The van der Waals surface area contributed by atoms with Crippen molar-refractivity contribution in [1.82, 2.24) is 0 Å². The molecule has 0 aliphatic rings. The molecule has 1 N–H and O–H groups in total. The molecule has 65 valence electrons. The zero-order valence-corrected chi connectivity index (χ0v) is 14.3. The molecule has 0 bridgehead atoms. The van der Waals surface area contributed by atoms with E-state index in [1.165, 1.54) is 0 Å². The summed E-state index contributed by atoms with van der Waals surface area (Å²) in [4.78, 5) is 0. The zero-order chi connectivity index (χ0) is 9.61. The molecular formula is C7H6Br3HfO. The van der Waals surface area contributed by atoms with Crippen molar-refractivity contribution in [1.29, 1.82) is 0 Å². The number of hydrogen-bond acceptors (Lipinski definition) is 1. The van der Waals surface area contributed by atoms with E-state index in [0.717, 1.165) is 27.6 Å². The van der Waals surface area contributed by atoms with Gasteiger partial charge in [-0.05, 0) is 31.9 Å². The van der Waals surface area contributed by atoms with Crippen molar-refractivity contribution in [3.05, 3.63) is 35.9 Å². The summed E-state index contributed by atoms with van der Waals surface area (Å²) < 4.78 is -1.08. The standard InChI is InChI=1S/C7H6Br2O.BrH.Hf/c8-7(9,10)6-4-2-1-3-5-6;;/h1-5,10H;1H;/q;;+1/p-1. The quantitative estimate of drug-likeness (QED) is 0.441. The molecule has 0 radical (unpaired) electrons. The van der Waals surface area contributed by atoms with Crippen molar-refractivity contribution in [2.75, 3.05) is 0 Å². The van der Waals surface area contributed by atoms with Gasteiger partial charge in [-0.3, -0.25) is 0 Å². The van der Waals surface area contributed by atoms with Crippen LogP contribution in [0.2, 0.25) is 0 Å². The predicted molar refractivity (Wildman–Crippen MR) is 57.1 cm³/mol. The van der Waals surface area contributed by atoms with E-state index in [4.69, 9.17) is 0 Å². The molecule has 0 aromatic heterocycles. The molecule has 0 unspecified atom stereocenters. The van der Waals surface area contributed by atoms with Crippen molar-refractivity contribution in [2.45, 2.75) is 3.42 Å². The SMILES string of the molecule is OC(Br)(Br)c1ccccc1.[Br][Hf]. The normalized spacial score (nSPS) is 9.92. The van der Waals surface area contributed by atoms with Gasteiger partial charge in [-0.1, -0.05) is 30.3 Å². The Morgan fingerprint density at radius 1 is 1.08 bits per heavy atom. The Bertz CT molecular complexity index is 210. The third kappa shape index (κ3) is 5.27. The third-order valence-corrected chi connectivity index (χ3v) is 2.04. The number of rotatable bonds is 1. The van der Waals surface area contributed by atoms with Crippen LogP contribution in [0.3, 0.4) is 0 Å². The maximum absolute atomic E-state index is 9.32. The van der Waals surface area contributed by atoms with Crippen LogP contribution in [0, 0.1) is 0 Å². The summed E-state index contributed by atoms with van der Waals surface area (Å²) in [7, 11) is 0. The maximum atomic E-state index is 9.32. The van der Waals surface area contributed by atoms with E-state index in [-0.39, 0.29) is 0 Å². The number of hydrogen-bond donors (Lipinski definition) is 1. The van der Waals surface area contributed by atoms with Gasteiger partial charge in [-0.15, -0.1) is 0 Å². The Morgan fingerprint density at radius 3 is 1.75 bits per heavy atom. The van der Waals surface area contributed by atoms with Gasteiger partial charge >= 0.3 is 34.3 Å². The Labute approximate surface area is 109 Å². The first kappa shape index (κ1) is 13.5. The van der Waals surface area contributed by atoms with E-state index >= 15 is 0 Å². The van der Waals surface area contributed by atoms with Crippen molar-refractivity contribution in [3.8, 4) is 0 Å². The Morgan fingerprint density at radius 2 is 1.50 bits per heavy atom. The van der Waals surface area contributed by atoms with E-state index in [9.17, 15) is 5.11 Å². The molecule has 0 amide bonds. The Balaban J connectivity index is 0.000000561. The molecule has 1 aromatic rings. The van der Waals surface area contributed by atoms with Crippen LogP contribution >= 0.6 is 44.2 Å². The summed E-state index contributed by atoms with van der Waals surface area (Å²) in [6.07, 6.45) is 0. The van der Waals surface area contributed by atoms with Crippen molar-refractivity contribution >= 4 is 44.2 Å². The molecule has 0 atom stereocenters. The van der Waals surface area contributed by atoms with Gasteiger partial charge in [0.25, 0.3) is 0 Å². The molecule has 0 saturated carbocycles.